The van der Waals surface area contributed by atoms with E-state index in [9.17, 15) is 9.59 Å². The molecular formula is C16H18BrN3O3. The Morgan fingerprint density at radius 2 is 2.04 bits per heavy atom. The van der Waals surface area contributed by atoms with Crippen LogP contribution in [0.3, 0.4) is 0 Å². The molecule has 1 aromatic carbocycles. The van der Waals surface area contributed by atoms with Crippen LogP contribution >= 0.6 is 15.9 Å². The van der Waals surface area contributed by atoms with Gasteiger partial charge in [0.05, 0.1) is 5.71 Å². The molecule has 0 aliphatic carbocycles. The van der Waals surface area contributed by atoms with Crippen molar-refractivity contribution < 1.29 is 14.4 Å². The molecule has 2 amide bonds. The molecule has 0 aromatic heterocycles. The fraction of sp³-hybridized carbons (Fsp3) is 0.438. The lowest BCUT2D eigenvalue weighted by atomic mass is 9.95. The molecule has 0 saturated carbocycles. The van der Waals surface area contributed by atoms with Gasteiger partial charge >= 0.3 is 0 Å². The number of hydrogen-bond donors (Lipinski definition) is 1. The Morgan fingerprint density at radius 1 is 1.30 bits per heavy atom. The minimum absolute atomic E-state index is 0.0679. The van der Waals surface area contributed by atoms with Gasteiger partial charge < -0.3 is 15.5 Å². The Labute approximate surface area is 142 Å². The highest BCUT2D eigenvalue weighted by Gasteiger charge is 2.34. The maximum absolute atomic E-state index is 12.5. The Kier molecular flexibility index (Phi) is 4.66. The zero-order valence-electron chi connectivity index (χ0n) is 12.6. The van der Waals surface area contributed by atoms with E-state index in [0.29, 0.717) is 32.4 Å². The summed E-state index contributed by atoms with van der Waals surface area (Å²) in [6, 6.07) is 7.75. The molecule has 0 spiro atoms. The van der Waals surface area contributed by atoms with Gasteiger partial charge in [0.15, 0.2) is 0 Å². The van der Waals surface area contributed by atoms with Crippen molar-refractivity contribution in [2.75, 3.05) is 13.1 Å². The van der Waals surface area contributed by atoms with Crippen molar-refractivity contribution in [3.63, 3.8) is 0 Å². The minimum atomic E-state index is -0.575. The molecule has 1 aromatic rings. The van der Waals surface area contributed by atoms with Crippen LogP contribution in [-0.2, 0) is 14.4 Å². The van der Waals surface area contributed by atoms with Gasteiger partial charge in [-0.25, -0.2) is 0 Å². The lowest BCUT2D eigenvalue weighted by Crippen LogP contribution is -2.45. The number of nitrogens with two attached hydrogens (primary N) is 1. The first kappa shape index (κ1) is 16.0. The van der Waals surface area contributed by atoms with Crippen LogP contribution in [0.25, 0.3) is 0 Å². The maximum atomic E-state index is 12.5. The number of nitrogens with zero attached hydrogens (tertiary/aromatic N) is 2. The van der Waals surface area contributed by atoms with Gasteiger partial charge in [0.2, 0.25) is 12.0 Å². The molecule has 0 radical (unpaired) electrons. The second-order valence-electron chi connectivity index (χ2n) is 5.85. The van der Waals surface area contributed by atoms with Crippen molar-refractivity contribution in [3.05, 3.63) is 34.3 Å². The van der Waals surface area contributed by atoms with Gasteiger partial charge in [0.1, 0.15) is 0 Å². The van der Waals surface area contributed by atoms with Crippen molar-refractivity contribution in [3.8, 4) is 0 Å². The van der Waals surface area contributed by atoms with Gasteiger partial charge in [-0.15, -0.1) is 0 Å². The van der Waals surface area contributed by atoms with Gasteiger partial charge in [-0.2, -0.15) is 0 Å². The van der Waals surface area contributed by atoms with E-state index in [0.717, 1.165) is 15.7 Å². The molecule has 2 aliphatic rings. The molecule has 1 atom stereocenters. The average Bonchev–Trinajstić information content (AvgIpc) is 3.04. The summed E-state index contributed by atoms with van der Waals surface area (Å²) < 4.78 is 0.959. The number of piperidine rings is 1. The standard InChI is InChI=1S/C16H18BrN3O3/c17-12-3-1-2-11(8-12)13-9-14(23-19-13)16(22)20-6-4-10(5-7-20)15(18)21/h1-3,8,10,14H,4-7,9H2,(H2,18,21)/t14-/m1/s1. The number of halogens is 1. The van der Waals surface area contributed by atoms with E-state index in [1.165, 1.54) is 0 Å². The number of carbonyl (C=O) groups excluding carboxylic acids is 2. The monoisotopic (exact) mass is 379 g/mol. The third-order valence-corrected chi connectivity index (χ3v) is 4.80. The van der Waals surface area contributed by atoms with Crippen LogP contribution in [0.1, 0.15) is 24.8 Å². The normalized spacial score (nSPS) is 21.7. The van der Waals surface area contributed by atoms with Gasteiger partial charge in [-0.3, -0.25) is 9.59 Å². The number of carbonyl (C=O) groups is 2. The second-order valence-corrected chi connectivity index (χ2v) is 6.76. The lowest BCUT2D eigenvalue weighted by molar-refractivity contribution is -0.144. The number of likely N-dealkylation sites (tertiary alicyclic amines) is 1. The zero-order valence-corrected chi connectivity index (χ0v) is 14.2. The summed E-state index contributed by atoms with van der Waals surface area (Å²) in [6.07, 6.45) is 1.12. The van der Waals surface area contributed by atoms with Crippen LogP contribution in [-0.4, -0.2) is 41.6 Å². The molecular weight excluding hydrogens is 362 g/mol. The Balaban J connectivity index is 1.58. The molecule has 1 fully saturated rings. The first-order chi connectivity index (χ1) is 11.0. The average molecular weight is 380 g/mol. The highest BCUT2D eigenvalue weighted by molar-refractivity contribution is 9.10. The molecule has 0 unspecified atom stereocenters. The first-order valence-electron chi connectivity index (χ1n) is 7.61. The van der Waals surface area contributed by atoms with E-state index in [2.05, 4.69) is 21.1 Å². The van der Waals surface area contributed by atoms with Crippen molar-refractivity contribution in [2.24, 2.45) is 16.8 Å². The fourth-order valence-electron chi connectivity index (χ4n) is 2.94. The molecule has 23 heavy (non-hydrogen) atoms. The van der Waals surface area contributed by atoms with Gasteiger partial charge in [-0.1, -0.05) is 33.2 Å². The minimum Gasteiger partial charge on any atom is -0.382 e. The zero-order chi connectivity index (χ0) is 16.4. The molecule has 2 N–H and O–H groups in total. The van der Waals surface area contributed by atoms with Crippen LogP contribution < -0.4 is 5.73 Å². The van der Waals surface area contributed by atoms with Crippen molar-refractivity contribution >= 4 is 33.5 Å². The van der Waals surface area contributed by atoms with E-state index >= 15 is 0 Å². The third-order valence-electron chi connectivity index (χ3n) is 4.31. The molecule has 2 heterocycles. The highest BCUT2D eigenvalue weighted by atomic mass is 79.9. The van der Waals surface area contributed by atoms with Crippen LogP contribution in [0, 0.1) is 5.92 Å². The number of primary amides is 1. The lowest BCUT2D eigenvalue weighted by Gasteiger charge is -2.31. The molecule has 3 rings (SSSR count). The van der Waals surface area contributed by atoms with E-state index in [1.54, 1.807) is 4.90 Å². The molecule has 122 valence electrons. The quantitative estimate of drug-likeness (QED) is 0.866. The van der Waals surface area contributed by atoms with E-state index in [4.69, 9.17) is 10.6 Å². The van der Waals surface area contributed by atoms with Crippen LogP contribution in [0.2, 0.25) is 0 Å². The number of benzene rings is 1. The molecule has 1 saturated heterocycles. The number of rotatable bonds is 3. The Bertz CT molecular complexity index is 654. The largest absolute Gasteiger partial charge is 0.382 e. The molecule has 7 heteroatoms. The smallest absolute Gasteiger partial charge is 0.266 e. The molecule has 0 bridgehead atoms. The van der Waals surface area contributed by atoms with Crippen molar-refractivity contribution in [1.29, 1.82) is 0 Å². The van der Waals surface area contributed by atoms with Crippen molar-refractivity contribution in [2.45, 2.75) is 25.4 Å². The summed E-state index contributed by atoms with van der Waals surface area (Å²) >= 11 is 3.42. The summed E-state index contributed by atoms with van der Waals surface area (Å²) in [6.45, 7) is 1.08. The van der Waals surface area contributed by atoms with Crippen LogP contribution in [0.5, 0.6) is 0 Å². The highest BCUT2D eigenvalue weighted by Crippen LogP contribution is 2.23. The summed E-state index contributed by atoms with van der Waals surface area (Å²) in [5, 5.41) is 4.06. The molecule has 6 nitrogen and oxygen atoms in total. The van der Waals surface area contributed by atoms with Gasteiger partial charge in [0.25, 0.3) is 5.91 Å². The maximum Gasteiger partial charge on any atom is 0.266 e. The SMILES string of the molecule is NC(=O)C1CCN(C(=O)[C@H]2CC(c3cccc(Br)c3)=NO2)CC1. The van der Waals surface area contributed by atoms with Gasteiger partial charge in [0, 0.05) is 35.5 Å². The first-order valence-corrected chi connectivity index (χ1v) is 8.40. The summed E-state index contributed by atoms with van der Waals surface area (Å²) in [4.78, 5) is 30.8. The second kappa shape index (κ2) is 6.70. The summed E-state index contributed by atoms with van der Waals surface area (Å²) in [5.41, 5.74) is 7.04. The van der Waals surface area contributed by atoms with Crippen LogP contribution in [0.15, 0.2) is 33.9 Å². The van der Waals surface area contributed by atoms with Gasteiger partial charge in [-0.05, 0) is 25.0 Å². The molecule has 2 aliphatic heterocycles. The Hall–Kier alpha value is -1.89. The fourth-order valence-corrected chi connectivity index (χ4v) is 3.34. The number of hydrogen-bond acceptors (Lipinski definition) is 4. The van der Waals surface area contributed by atoms with E-state index in [-0.39, 0.29) is 17.7 Å². The van der Waals surface area contributed by atoms with Crippen LogP contribution in [0.4, 0.5) is 0 Å². The van der Waals surface area contributed by atoms with E-state index < -0.39 is 6.10 Å². The van der Waals surface area contributed by atoms with E-state index in [1.807, 2.05) is 24.3 Å². The summed E-state index contributed by atoms with van der Waals surface area (Å²) in [7, 11) is 0. The number of oxime groups is 1. The van der Waals surface area contributed by atoms with Crippen molar-refractivity contribution in [1.82, 2.24) is 4.90 Å². The predicted octanol–water partition coefficient (Wildman–Crippen LogP) is 1.67. The third kappa shape index (κ3) is 3.55. The number of amides is 2. The summed E-state index contributed by atoms with van der Waals surface area (Å²) in [5.74, 6) is -0.479. The Morgan fingerprint density at radius 3 is 2.70 bits per heavy atom. The topological polar surface area (TPSA) is 85.0 Å². The predicted molar refractivity (Wildman–Crippen MR) is 88.7 cm³/mol.